The molecule has 0 bridgehead atoms. The number of carbonyl (C=O) groups is 1. The number of amides is 1. The molecular formula is C14H25Cl2N3OS. The van der Waals surface area contributed by atoms with E-state index in [1.165, 1.54) is 6.42 Å². The van der Waals surface area contributed by atoms with Crippen molar-refractivity contribution in [3.05, 3.63) is 16.6 Å². The standard InChI is InChI=1S/C14H23N3OS.2ClH/c1-3-14(2,13-16-8-9-19-13)17-12(18)5-4-11-6-7-15-10-11;;/h8-9,11,15H,3-7,10H2,1-2H3,(H,17,18);2*1H. The Labute approximate surface area is 143 Å². The molecule has 2 rings (SSSR count). The van der Waals surface area contributed by atoms with Crippen molar-refractivity contribution in [2.75, 3.05) is 13.1 Å². The van der Waals surface area contributed by atoms with Gasteiger partial charge in [0.15, 0.2) is 0 Å². The lowest BCUT2D eigenvalue weighted by molar-refractivity contribution is -0.123. The Balaban J connectivity index is 0.00000200. The van der Waals surface area contributed by atoms with Crippen molar-refractivity contribution in [1.29, 1.82) is 0 Å². The molecule has 122 valence electrons. The average Bonchev–Trinajstić information content (AvgIpc) is 3.09. The largest absolute Gasteiger partial charge is 0.344 e. The smallest absolute Gasteiger partial charge is 0.220 e. The van der Waals surface area contributed by atoms with Gasteiger partial charge in [-0.05, 0) is 45.2 Å². The second-order valence-corrected chi connectivity index (χ2v) is 6.36. The van der Waals surface area contributed by atoms with E-state index in [0.717, 1.165) is 30.9 Å². The fourth-order valence-corrected chi connectivity index (χ4v) is 3.28. The number of thiazole rings is 1. The normalized spacial score (nSPS) is 20.0. The molecule has 1 aliphatic rings. The van der Waals surface area contributed by atoms with Crippen LogP contribution in [0.15, 0.2) is 11.6 Å². The summed E-state index contributed by atoms with van der Waals surface area (Å²) in [5.41, 5.74) is -0.320. The van der Waals surface area contributed by atoms with Crippen molar-refractivity contribution in [3.63, 3.8) is 0 Å². The van der Waals surface area contributed by atoms with Gasteiger partial charge >= 0.3 is 0 Å². The summed E-state index contributed by atoms with van der Waals surface area (Å²) in [5, 5.41) is 9.45. The summed E-state index contributed by atoms with van der Waals surface area (Å²) in [6, 6.07) is 0. The molecule has 0 saturated carbocycles. The van der Waals surface area contributed by atoms with Gasteiger partial charge in [-0.2, -0.15) is 0 Å². The second-order valence-electron chi connectivity index (χ2n) is 5.47. The molecule has 2 atom stereocenters. The first-order valence-corrected chi connectivity index (χ1v) is 7.93. The number of hydrogen-bond donors (Lipinski definition) is 2. The maximum absolute atomic E-state index is 12.1. The Morgan fingerprint density at radius 3 is 2.86 bits per heavy atom. The first-order valence-electron chi connectivity index (χ1n) is 7.06. The van der Waals surface area contributed by atoms with E-state index in [-0.39, 0.29) is 36.3 Å². The molecule has 0 radical (unpaired) electrons. The third-order valence-electron chi connectivity index (χ3n) is 3.97. The maximum Gasteiger partial charge on any atom is 0.220 e. The van der Waals surface area contributed by atoms with Crippen LogP contribution in [-0.4, -0.2) is 24.0 Å². The van der Waals surface area contributed by atoms with Gasteiger partial charge in [0.05, 0.1) is 5.54 Å². The first-order chi connectivity index (χ1) is 9.14. The molecule has 2 unspecified atom stereocenters. The number of hydrogen-bond acceptors (Lipinski definition) is 4. The summed E-state index contributed by atoms with van der Waals surface area (Å²) < 4.78 is 0. The molecule has 0 aliphatic carbocycles. The molecule has 1 aromatic heterocycles. The summed E-state index contributed by atoms with van der Waals surface area (Å²) in [6.07, 6.45) is 5.45. The molecule has 1 amide bonds. The minimum atomic E-state index is -0.320. The number of halogens is 2. The van der Waals surface area contributed by atoms with Gasteiger partial charge in [-0.1, -0.05) is 6.92 Å². The highest BCUT2D eigenvalue weighted by molar-refractivity contribution is 7.09. The van der Waals surface area contributed by atoms with Crippen molar-refractivity contribution in [2.24, 2.45) is 5.92 Å². The topological polar surface area (TPSA) is 54.0 Å². The molecule has 1 aliphatic heterocycles. The fourth-order valence-electron chi connectivity index (χ4n) is 2.46. The van der Waals surface area contributed by atoms with E-state index < -0.39 is 0 Å². The van der Waals surface area contributed by atoms with Crippen LogP contribution < -0.4 is 10.6 Å². The van der Waals surface area contributed by atoms with Crippen molar-refractivity contribution in [3.8, 4) is 0 Å². The zero-order chi connectivity index (χ0) is 13.7. The highest BCUT2D eigenvalue weighted by atomic mass is 35.5. The van der Waals surface area contributed by atoms with Crippen LogP contribution >= 0.6 is 36.2 Å². The van der Waals surface area contributed by atoms with E-state index in [1.807, 2.05) is 5.38 Å². The van der Waals surface area contributed by atoms with E-state index in [1.54, 1.807) is 17.5 Å². The number of aromatic nitrogens is 1. The van der Waals surface area contributed by atoms with Crippen molar-refractivity contribution in [2.45, 2.75) is 45.1 Å². The van der Waals surface area contributed by atoms with Crippen molar-refractivity contribution < 1.29 is 4.79 Å². The Morgan fingerprint density at radius 1 is 1.57 bits per heavy atom. The van der Waals surface area contributed by atoms with Crippen molar-refractivity contribution >= 4 is 42.1 Å². The van der Waals surface area contributed by atoms with Gasteiger partial charge in [0.2, 0.25) is 5.91 Å². The number of carbonyl (C=O) groups excluding carboxylic acids is 1. The number of nitrogens with one attached hydrogen (secondary N) is 2. The lowest BCUT2D eigenvalue weighted by Crippen LogP contribution is -2.43. The molecule has 21 heavy (non-hydrogen) atoms. The van der Waals surface area contributed by atoms with Gasteiger partial charge < -0.3 is 10.6 Å². The summed E-state index contributed by atoms with van der Waals surface area (Å²) in [4.78, 5) is 16.5. The van der Waals surface area contributed by atoms with Gasteiger partial charge in [-0.25, -0.2) is 4.98 Å². The summed E-state index contributed by atoms with van der Waals surface area (Å²) in [7, 11) is 0. The van der Waals surface area contributed by atoms with E-state index in [0.29, 0.717) is 12.3 Å². The Hall–Kier alpha value is -0.360. The van der Waals surface area contributed by atoms with E-state index in [4.69, 9.17) is 0 Å². The Bertz CT molecular complexity index is 410. The zero-order valence-corrected chi connectivity index (χ0v) is 15.0. The Morgan fingerprint density at radius 2 is 2.33 bits per heavy atom. The third kappa shape index (κ3) is 5.74. The molecule has 0 spiro atoms. The highest BCUT2D eigenvalue weighted by Gasteiger charge is 2.29. The van der Waals surface area contributed by atoms with Gasteiger partial charge in [-0.3, -0.25) is 4.79 Å². The summed E-state index contributed by atoms with van der Waals surface area (Å²) >= 11 is 1.60. The van der Waals surface area contributed by atoms with Crippen LogP contribution in [0, 0.1) is 5.92 Å². The van der Waals surface area contributed by atoms with E-state index >= 15 is 0 Å². The first kappa shape index (κ1) is 20.6. The molecule has 0 aromatic carbocycles. The van der Waals surface area contributed by atoms with Crippen LogP contribution in [0.2, 0.25) is 0 Å². The highest BCUT2D eigenvalue weighted by Crippen LogP contribution is 2.26. The van der Waals surface area contributed by atoms with Crippen LogP contribution in [0.5, 0.6) is 0 Å². The lowest BCUT2D eigenvalue weighted by atomic mass is 9.98. The predicted octanol–water partition coefficient (Wildman–Crippen LogP) is 3.12. The number of nitrogens with zero attached hydrogens (tertiary/aromatic N) is 1. The predicted molar refractivity (Wildman–Crippen MR) is 92.6 cm³/mol. The van der Waals surface area contributed by atoms with Crippen molar-refractivity contribution in [1.82, 2.24) is 15.6 Å². The molecule has 1 fully saturated rings. The summed E-state index contributed by atoms with van der Waals surface area (Å²) in [6.45, 7) is 6.30. The quantitative estimate of drug-likeness (QED) is 0.825. The fraction of sp³-hybridized carbons (Fsp3) is 0.714. The zero-order valence-electron chi connectivity index (χ0n) is 12.6. The van der Waals surface area contributed by atoms with Gasteiger partial charge in [0.25, 0.3) is 0 Å². The molecule has 1 saturated heterocycles. The van der Waals surface area contributed by atoms with Crippen LogP contribution in [0.3, 0.4) is 0 Å². The molecule has 2 N–H and O–H groups in total. The van der Waals surface area contributed by atoms with Crippen LogP contribution in [-0.2, 0) is 10.3 Å². The third-order valence-corrected chi connectivity index (χ3v) is 5.01. The van der Waals surface area contributed by atoms with Gasteiger partial charge in [-0.15, -0.1) is 36.2 Å². The second kappa shape index (κ2) is 9.62. The number of rotatable bonds is 6. The molecule has 4 nitrogen and oxygen atoms in total. The molecule has 7 heteroatoms. The van der Waals surface area contributed by atoms with E-state index in [2.05, 4.69) is 29.5 Å². The lowest BCUT2D eigenvalue weighted by Gasteiger charge is -2.27. The molecular weight excluding hydrogens is 329 g/mol. The molecule has 2 heterocycles. The van der Waals surface area contributed by atoms with Crippen LogP contribution in [0.1, 0.15) is 44.5 Å². The van der Waals surface area contributed by atoms with E-state index in [9.17, 15) is 4.79 Å². The Kier molecular flexibility index (Phi) is 9.45. The molecule has 1 aromatic rings. The minimum Gasteiger partial charge on any atom is -0.344 e. The van der Waals surface area contributed by atoms with Gasteiger partial charge in [0.1, 0.15) is 5.01 Å². The average molecular weight is 354 g/mol. The monoisotopic (exact) mass is 353 g/mol. The van der Waals surface area contributed by atoms with Crippen LogP contribution in [0.4, 0.5) is 0 Å². The minimum absolute atomic E-state index is 0. The van der Waals surface area contributed by atoms with Gasteiger partial charge in [0, 0.05) is 18.0 Å². The SMILES string of the molecule is CCC(C)(NC(=O)CCC1CCNC1)c1nccs1.Cl.Cl. The van der Waals surface area contributed by atoms with Crippen LogP contribution in [0.25, 0.3) is 0 Å². The maximum atomic E-state index is 12.1. The summed E-state index contributed by atoms with van der Waals surface area (Å²) in [5.74, 6) is 0.810.